The van der Waals surface area contributed by atoms with Crippen LogP contribution in [0.15, 0.2) is 48.9 Å². The van der Waals surface area contributed by atoms with Crippen LogP contribution in [0.4, 0.5) is 0 Å². The number of rotatable bonds is 2. The number of halogens is 1. The molecule has 5 heteroatoms. The summed E-state index contributed by atoms with van der Waals surface area (Å²) in [6, 6.07) is 8.62. The summed E-state index contributed by atoms with van der Waals surface area (Å²) in [5.74, 6) is -0.471. The molecule has 0 radical (unpaired) electrons. The molecular formula is C10H9ClN2O2. The summed E-state index contributed by atoms with van der Waals surface area (Å²) in [6.07, 6.45) is 4.83. The molecule has 0 saturated carbocycles. The van der Waals surface area contributed by atoms with Gasteiger partial charge in [0.25, 0.3) is 0 Å². The second-order valence-corrected chi connectivity index (χ2v) is 2.64. The molecule has 0 aliphatic rings. The van der Waals surface area contributed by atoms with Gasteiger partial charge in [0.05, 0.1) is 0 Å². The Morgan fingerprint density at radius 3 is 2.53 bits per heavy atom. The average molecular weight is 225 g/mol. The minimum Gasteiger partial charge on any atom is -0.330 e. The van der Waals surface area contributed by atoms with Crippen molar-refractivity contribution in [2.45, 2.75) is 0 Å². The molecule has 0 N–H and O–H groups in total. The summed E-state index contributed by atoms with van der Waals surface area (Å²) >= 11 is 0. The topological polar surface area (TPSA) is 44.1 Å². The molecule has 0 spiro atoms. The van der Waals surface area contributed by atoms with E-state index in [1.165, 1.54) is 4.73 Å². The van der Waals surface area contributed by atoms with Crippen molar-refractivity contribution in [3.8, 4) is 0 Å². The lowest BCUT2D eigenvalue weighted by molar-refractivity contribution is 0.0456. The van der Waals surface area contributed by atoms with Crippen LogP contribution >= 0.6 is 12.4 Å². The third-order valence-corrected chi connectivity index (χ3v) is 1.64. The summed E-state index contributed by atoms with van der Waals surface area (Å²) in [7, 11) is 0. The predicted octanol–water partition coefficient (Wildman–Crippen LogP) is 1.57. The normalized spacial score (nSPS) is 9.07. The van der Waals surface area contributed by atoms with Crippen LogP contribution in [0, 0.1) is 0 Å². The van der Waals surface area contributed by atoms with E-state index in [9.17, 15) is 4.79 Å². The van der Waals surface area contributed by atoms with E-state index in [-0.39, 0.29) is 12.4 Å². The number of nitrogens with zero attached hydrogens (tertiary/aromatic N) is 2. The maximum atomic E-state index is 11.4. The van der Waals surface area contributed by atoms with Gasteiger partial charge >= 0.3 is 5.97 Å². The van der Waals surface area contributed by atoms with Crippen LogP contribution in [0.5, 0.6) is 0 Å². The van der Waals surface area contributed by atoms with Gasteiger partial charge in [-0.25, -0.2) is 9.78 Å². The molecule has 0 atom stereocenters. The van der Waals surface area contributed by atoms with Crippen LogP contribution in [0.25, 0.3) is 0 Å². The third kappa shape index (κ3) is 2.82. The van der Waals surface area contributed by atoms with Crippen molar-refractivity contribution >= 4 is 18.4 Å². The predicted molar refractivity (Wildman–Crippen MR) is 56.8 cm³/mol. The van der Waals surface area contributed by atoms with E-state index in [0.717, 1.165) is 0 Å². The van der Waals surface area contributed by atoms with Crippen LogP contribution in [-0.2, 0) is 0 Å². The number of carbonyl (C=O) groups is 1. The van der Waals surface area contributed by atoms with Gasteiger partial charge in [0, 0.05) is 18.6 Å². The fourth-order valence-corrected chi connectivity index (χ4v) is 1.01. The molecular weight excluding hydrogens is 216 g/mol. The van der Waals surface area contributed by atoms with E-state index >= 15 is 0 Å². The smallest absolute Gasteiger partial charge is 0.330 e. The number of hydrogen-bond donors (Lipinski definition) is 0. The summed E-state index contributed by atoms with van der Waals surface area (Å²) < 4.78 is 1.33. The highest BCUT2D eigenvalue weighted by atomic mass is 35.5. The number of carbonyl (C=O) groups excluding carboxylic acids is 1. The fourth-order valence-electron chi connectivity index (χ4n) is 1.01. The SMILES string of the molecule is Cl.O=C(On1cccc1)c1ccccn1. The average Bonchev–Trinajstić information content (AvgIpc) is 2.72. The largest absolute Gasteiger partial charge is 0.381 e. The monoisotopic (exact) mass is 224 g/mol. The Labute approximate surface area is 92.9 Å². The number of pyridine rings is 1. The molecule has 2 aromatic rings. The highest BCUT2D eigenvalue weighted by molar-refractivity contribution is 5.87. The second-order valence-electron chi connectivity index (χ2n) is 2.64. The van der Waals surface area contributed by atoms with Gasteiger partial charge in [-0.2, -0.15) is 4.73 Å². The van der Waals surface area contributed by atoms with Gasteiger partial charge in [0.2, 0.25) is 0 Å². The molecule has 0 fully saturated rings. The maximum Gasteiger partial charge on any atom is 0.381 e. The molecule has 78 valence electrons. The molecule has 0 aliphatic heterocycles. The number of hydrogen-bond acceptors (Lipinski definition) is 3. The lowest BCUT2D eigenvalue weighted by Gasteiger charge is -2.02. The van der Waals surface area contributed by atoms with Crippen molar-refractivity contribution in [1.29, 1.82) is 0 Å². The first-order valence-electron chi connectivity index (χ1n) is 4.13. The zero-order valence-electron chi connectivity index (χ0n) is 7.74. The van der Waals surface area contributed by atoms with Gasteiger partial charge in [-0.15, -0.1) is 12.4 Å². The highest BCUT2D eigenvalue weighted by Crippen LogP contribution is 1.95. The van der Waals surface area contributed by atoms with Gasteiger partial charge in [-0.1, -0.05) is 6.07 Å². The Bertz CT molecular complexity index is 414. The molecule has 0 unspecified atom stereocenters. The van der Waals surface area contributed by atoms with Crippen molar-refractivity contribution in [3.63, 3.8) is 0 Å². The Hall–Kier alpha value is -1.81. The number of aromatic nitrogens is 2. The van der Waals surface area contributed by atoms with E-state index in [1.807, 2.05) is 0 Å². The molecule has 0 amide bonds. The quantitative estimate of drug-likeness (QED) is 0.778. The van der Waals surface area contributed by atoms with Crippen LogP contribution < -0.4 is 4.84 Å². The van der Waals surface area contributed by atoms with Crippen molar-refractivity contribution in [3.05, 3.63) is 54.6 Å². The molecule has 0 aliphatic carbocycles. The highest BCUT2D eigenvalue weighted by Gasteiger charge is 2.07. The first-order valence-corrected chi connectivity index (χ1v) is 4.13. The van der Waals surface area contributed by atoms with Gasteiger partial charge in [0.1, 0.15) is 0 Å². The fraction of sp³-hybridized carbons (Fsp3) is 0. The van der Waals surface area contributed by atoms with E-state index in [4.69, 9.17) is 4.84 Å². The van der Waals surface area contributed by atoms with Crippen LogP contribution in [0.2, 0.25) is 0 Å². The van der Waals surface area contributed by atoms with E-state index < -0.39 is 5.97 Å². The molecule has 0 aromatic carbocycles. The Kier molecular flexibility index (Phi) is 3.88. The van der Waals surface area contributed by atoms with E-state index in [1.54, 1.807) is 48.9 Å². The Balaban J connectivity index is 0.00000112. The van der Waals surface area contributed by atoms with Crippen LogP contribution in [0.3, 0.4) is 0 Å². The van der Waals surface area contributed by atoms with Gasteiger partial charge in [-0.3, -0.25) is 0 Å². The molecule has 0 saturated heterocycles. The van der Waals surface area contributed by atoms with Crippen molar-refractivity contribution in [1.82, 2.24) is 9.71 Å². The van der Waals surface area contributed by atoms with Gasteiger partial charge < -0.3 is 4.84 Å². The summed E-state index contributed by atoms with van der Waals surface area (Å²) in [5.41, 5.74) is 0.293. The molecule has 4 nitrogen and oxygen atoms in total. The van der Waals surface area contributed by atoms with Crippen LogP contribution in [0.1, 0.15) is 10.5 Å². The molecule has 15 heavy (non-hydrogen) atoms. The first kappa shape index (κ1) is 11.3. The zero-order chi connectivity index (χ0) is 9.80. The molecule has 2 heterocycles. The minimum absolute atomic E-state index is 0. The van der Waals surface area contributed by atoms with Crippen molar-refractivity contribution in [2.24, 2.45) is 0 Å². The maximum absolute atomic E-state index is 11.4. The first-order chi connectivity index (χ1) is 6.86. The summed E-state index contributed by atoms with van der Waals surface area (Å²) in [4.78, 5) is 20.2. The molecule has 2 rings (SSSR count). The second kappa shape index (κ2) is 5.17. The van der Waals surface area contributed by atoms with Gasteiger partial charge in [0.15, 0.2) is 5.69 Å². The van der Waals surface area contributed by atoms with Crippen molar-refractivity contribution in [2.75, 3.05) is 0 Å². The zero-order valence-corrected chi connectivity index (χ0v) is 8.55. The Morgan fingerprint density at radius 2 is 1.93 bits per heavy atom. The van der Waals surface area contributed by atoms with E-state index in [2.05, 4.69) is 4.98 Å². The standard InChI is InChI=1S/C10H8N2O2.ClH/c13-10(9-5-1-2-6-11-9)14-12-7-3-4-8-12;/h1-8H;1H. The lowest BCUT2D eigenvalue weighted by Crippen LogP contribution is -2.19. The van der Waals surface area contributed by atoms with Crippen LogP contribution in [-0.4, -0.2) is 15.7 Å². The van der Waals surface area contributed by atoms with E-state index in [0.29, 0.717) is 5.69 Å². The molecule has 2 aromatic heterocycles. The lowest BCUT2D eigenvalue weighted by atomic mass is 10.4. The minimum atomic E-state index is -0.471. The molecule has 0 bridgehead atoms. The summed E-state index contributed by atoms with van der Waals surface area (Å²) in [6.45, 7) is 0. The Morgan fingerprint density at radius 1 is 1.20 bits per heavy atom. The van der Waals surface area contributed by atoms with Crippen molar-refractivity contribution < 1.29 is 9.63 Å². The van der Waals surface area contributed by atoms with Gasteiger partial charge in [-0.05, 0) is 24.3 Å². The summed E-state index contributed by atoms with van der Waals surface area (Å²) in [5, 5.41) is 0. The third-order valence-electron chi connectivity index (χ3n) is 1.64.